The van der Waals surface area contributed by atoms with Crippen molar-refractivity contribution < 1.29 is 249 Å². The minimum Gasteiger partial charge on any atom is -0.504 e. The smallest absolute Gasteiger partial charge is 0.340 e. The number of esters is 10. The van der Waals surface area contributed by atoms with Crippen LogP contribution in [0.3, 0.4) is 0 Å². The first-order chi connectivity index (χ1) is 62.6. The summed E-state index contributed by atoms with van der Waals surface area (Å²) >= 11 is 0. The van der Waals surface area contributed by atoms with Gasteiger partial charge in [0.05, 0.1) is 61.6 Å². The molecule has 133 heavy (non-hydrogen) atoms. The Hall–Kier alpha value is -19.1. The van der Waals surface area contributed by atoms with E-state index in [9.17, 15) is 158 Å². The van der Waals surface area contributed by atoms with Crippen LogP contribution in [0, 0.1) is 0 Å². The largest absolute Gasteiger partial charge is 0.504 e. The summed E-state index contributed by atoms with van der Waals surface area (Å²) in [6, 6.07) is 0.573. The van der Waals surface area contributed by atoms with Gasteiger partial charge in [0.2, 0.25) is 57.5 Å². The van der Waals surface area contributed by atoms with Crippen molar-refractivity contribution in [3.63, 3.8) is 0 Å². The number of carbonyl (C=O) groups excluding carboxylic acids is 10. The minimum absolute atomic E-state index is 0.00565. The predicted octanol–water partition coefficient (Wildman–Crippen LogP) is 4.12. The lowest BCUT2D eigenvalue weighted by atomic mass is 9.72. The number of ether oxygens (including phenoxy) is 10. The lowest BCUT2D eigenvalue weighted by Crippen LogP contribution is -2.56. The molecule has 0 aromatic heterocycles. The second kappa shape index (κ2) is 28.5. The Morgan fingerprint density at radius 2 is 0.398 bits per heavy atom. The maximum Gasteiger partial charge on any atom is 0.340 e. The second-order valence-electron chi connectivity index (χ2n) is 30.6. The number of fused-ring (bicyclic) bond motifs is 20. The van der Waals surface area contributed by atoms with E-state index in [-0.39, 0.29) is 30.3 Å². The molecule has 0 spiro atoms. The van der Waals surface area contributed by atoms with Gasteiger partial charge in [-0.3, -0.25) is 0 Å². The van der Waals surface area contributed by atoms with Crippen molar-refractivity contribution >= 4 is 59.7 Å². The number of hydrogen-bond acceptors (Lipinski definition) is 50. The molecule has 0 amide bonds. The fraction of sp³-hybridized carbons (Fsp3) is 0.157. The SMILES string of the molecule is C[C@H]1c2c(O)c(O)c(O)c3c2C(=O)O[C@@H]1[C@H]1OC(=O)c2c(c(O)c(O)c(O)c2-3)-c2c(cc(O)c(O)c2O)C(=O)O[C@@H]2COC(=O)c3c(c(O)c(O)c(O)c3[C@H]3c4c(O)c(O)c(O)c5c4C(=O)O[C@@H]3[C@H]3OC(=O)c4c(c(O)c(O)c(O)c4-5)-c4c(cc(O)c(O)c4O)C(=O)O[C@@H]4COC(=O)c5cc(O)c(O)c(O)c5-c5c(cc(O)c(O)c5O)C(=O)O[C@@H]34)-c3c(cc(O)c(O)c3O)C(=O)O[C@@H]12. The summed E-state index contributed by atoms with van der Waals surface area (Å²) in [5.41, 5.74) is -41.0. The maximum absolute atomic E-state index is 16.9. The third-order valence-electron chi connectivity index (χ3n) is 23.8. The van der Waals surface area contributed by atoms with E-state index < -0.39 is 445 Å². The van der Waals surface area contributed by atoms with Crippen LogP contribution in [0.5, 0.6) is 172 Å². The summed E-state index contributed by atoms with van der Waals surface area (Å²) in [7, 11) is 0. The van der Waals surface area contributed by atoms with E-state index in [4.69, 9.17) is 47.4 Å². The standard InChI is InChI=1S/C83H52O50/c1-9-22-38-31(57(103)63(109)48(22)94)32-40-29(55(101)64(110)58(32)104)25-13(5-18(87)45(91)51(25)97)76(116)127-21-8-125-79(119)39-28(27-14(6-19(88)47(93)53(27)99)78(118)129-69(21)72(132-82(40)122)68(9)128-80(38)120)54(100)66(112)61(107)35(39)37-36-42-34(60(106)67(113)62(36)108)33-41-30(56(102)65(111)59(33)105)26-12(4-17(86)46(92)52(26)98)75(115)126-20-7-124-74(114)10-2-15(84)43(89)49(95)23(10)24-11(3-16(85)44(90)50(24)96)77(117)130-70(20)73(133-83(41)123)71(37)131-81(42)121/h2-6,9,20-21,37,68-73,84-113H,7-8H2,1H3/t9-,20+,21+,37-,68-,69+,70+,71-,72+,73-/m0/s1. The van der Waals surface area contributed by atoms with Gasteiger partial charge in [-0.2, -0.15) is 0 Å². The Labute approximate surface area is 728 Å². The predicted molar refractivity (Wildman–Crippen MR) is 413 cm³/mol. The van der Waals surface area contributed by atoms with Crippen LogP contribution in [0.4, 0.5) is 0 Å². The second-order valence-corrected chi connectivity index (χ2v) is 30.6. The summed E-state index contributed by atoms with van der Waals surface area (Å²) in [5.74, 6) is -84.5. The van der Waals surface area contributed by atoms with E-state index in [1.165, 1.54) is 0 Å². The normalized spacial score (nSPS) is 20.8. The van der Waals surface area contributed by atoms with Gasteiger partial charge in [-0.05, 0) is 30.3 Å². The van der Waals surface area contributed by atoms with Crippen LogP contribution in [0.1, 0.15) is 139 Å². The van der Waals surface area contributed by atoms with E-state index in [2.05, 4.69) is 0 Å². The Morgan fingerprint density at radius 1 is 0.188 bits per heavy atom. The first-order valence-corrected chi connectivity index (χ1v) is 37.6. The first-order valence-electron chi connectivity index (χ1n) is 37.6. The van der Waals surface area contributed by atoms with Crippen LogP contribution >= 0.6 is 0 Å². The monoisotopic (exact) mass is 1850 g/mol. The third kappa shape index (κ3) is 11.3. The maximum atomic E-state index is 16.9. The topological polar surface area (TPSA) is 870 Å². The van der Waals surface area contributed by atoms with Gasteiger partial charge in [-0.1, -0.05) is 6.92 Å². The molecule has 10 atom stereocenters. The molecule has 10 bridgehead atoms. The molecule has 9 aliphatic heterocycles. The van der Waals surface area contributed by atoms with Gasteiger partial charge >= 0.3 is 59.7 Å². The molecule has 50 heteroatoms. The lowest BCUT2D eigenvalue weighted by molar-refractivity contribution is -0.136. The van der Waals surface area contributed by atoms with E-state index in [0.29, 0.717) is 0 Å². The van der Waals surface area contributed by atoms with Crippen LogP contribution < -0.4 is 0 Å². The number of hydrogen-bond donors (Lipinski definition) is 30. The van der Waals surface area contributed by atoms with Gasteiger partial charge in [-0.25, -0.2) is 47.9 Å². The molecule has 9 aliphatic rings. The quantitative estimate of drug-likeness (QED) is 0.0624. The van der Waals surface area contributed by atoms with Gasteiger partial charge in [-0.15, -0.1) is 0 Å². The van der Waals surface area contributed by atoms with Crippen molar-refractivity contribution in [2.24, 2.45) is 0 Å². The van der Waals surface area contributed by atoms with E-state index in [1.54, 1.807) is 0 Å². The molecule has 0 aliphatic carbocycles. The van der Waals surface area contributed by atoms with Crippen LogP contribution in [0.2, 0.25) is 0 Å². The zero-order chi connectivity index (χ0) is 96.3. The third-order valence-corrected chi connectivity index (χ3v) is 23.8. The highest BCUT2D eigenvalue weighted by Gasteiger charge is 2.61. The molecule has 50 nitrogen and oxygen atoms in total. The molecule has 0 unspecified atom stereocenters. The lowest BCUT2D eigenvalue weighted by Gasteiger charge is -2.43. The van der Waals surface area contributed by atoms with Crippen molar-refractivity contribution in [1.29, 1.82) is 0 Å². The van der Waals surface area contributed by atoms with Gasteiger partial charge in [0.15, 0.2) is 158 Å². The van der Waals surface area contributed by atoms with Crippen molar-refractivity contribution in [2.75, 3.05) is 13.2 Å². The number of carbonyl (C=O) groups is 10. The van der Waals surface area contributed by atoms with Crippen molar-refractivity contribution in [2.45, 2.75) is 67.6 Å². The highest BCUT2D eigenvalue weighted by atomic mass is 16.7. The van der Waals surface area contributed by atoms with Gasteiger partial charge < -0.3 is 201 Å². The molecule has 30 N–H and O–H groups in total. The minimum atomic E-state index is -3.64. The molecule has 19 rings (SSSR count). The highest BCUT2D eigenvalue weighted by molar-refractivity contribution is 6.20. The van der Waals surface area contributed by atoms with Crippen molar-refractivity contribution in [1.82, 2.24) is 0 Å². The average molecular weight is 1850 g/mol. The highest BCUT2D eigenvalue weighted by Crippen LogP contribution is 2.68. The number of phenols is 30. The molecular weight excluding hydrogens is 1800 g/mol. The van der Waals surface area contributed by atoms with Gasteiger partial charge in [0.1, 0.15) is 19.3 Å². The van der Waals surface area contributed by atoms with E-state index >= 15 is 43.2 Å². The number of aromatic hydroxyl groups is 30. The molecule has 0 fully saturated rings. The van der Waals surface area contributed by atoms with Crippen LogP contribution in [-0.2, 0) is 47.4 Å². The zero-order valence-electron chi connectivity index (χ0n) is 65.2. The van der Waals surface area contributed by atoms with Crippen LogP contribution in [-0.4, -0.2) is 275 Å². The molecule has 10 aromatic carbocycles. The fourth-order valence-electron chi connectivity index (χ4n) is 17.8. The molecule has 0 saturated carbocycles. The Bertz CT molecular complexity index is 7280. The summed E-state index contributed by atoms with van der Waals surface area (Å²) in [4.78, 5) is 159. The van der Waals surface area contributed by atoms with Crippen molar-refractivity contribution in [3.05, 3.63) is 103 Å². The molecule has 9 heterocycles. The Balaban J connectivity index is 0.956. The summed E-state index contributed by atoms with van der Waals surface area (Å²) in [5, 5.41) is 357. The molecule has 10 aromatic rings. The molecular formula is C83H52O50. The summed E-state index contributed by atoms with van der Waals surface area (Å²) in [6.45, 7) is -3.20. The fourth-order valence-corrected chi connectivity index (χ4v) is 17.8. The number of cyclic esters (lactones) is 2. The van der Waals surface area contributed by atoms with Gasteiger partial charge in [0, 0.05) is 89.4 Å². The van der Waals surface area contributed by atoms with Crippen LogP contribution in [0.25, 0.3) is 66.8 Å². The van der Waals surface area contributed by atoms with Crippen molar-refractivity contribution in [3.8, 4) is 239 Å². The summed E-state index contributed by atoms with van der Waals surface area (Å²) in [6.07, 6.45) is -26.0. The molecule has 0 saturated heterocycles. The zero-order valence-corrected chi connectivity index (χ0v) is 65.2. The molecule has 684 valence electrons. The Morgan fingerprint density at radius 3 is 0.737 bits per heavy atom. The van der Waals surface area contributed by atoms with Crippen LogP contribution in [0.15, 0.2) is 30.3 Å². The van der Waals surface area contributed by atoms with E-state index in [1.807, 2.05) is 0 Å². The number of phenolic OH excluding ortho intramolecular Hbond substituents is 30. The van der Waals surface area contributed by atoms with E-state index in [0.717, 1.165) is 6.92 Å². The first kappa shape index (κ1) is 84.7. The van der Waals surface area contributed by atoms with Gasteiger partial charge in [0.25, 0.3) is 0 Å². The summed E-state index contributed by atoms with van der Waals surface area (Å²) < 4.78 is 59.4. The molecule has 0 radical (unpaired) electrons. The Kier molecular flexibility index (Phi) is 18.1. The average Bonchev–Trinajstić information content (AvgIpc) is 1.67. The number of benzene rings is 10. The number of rotatable bonds is 1.